The van der Waals surface area contributed by atoms with Gasteiger partial charge in [-0.1, -0.05) is 12.1 Å². The molecule has 1 aromatic rings. The molecule has 5 heteroatoms. The minimum Gasteiger partial charge on any atom is -0.392 e. The number of rotatable bonds is 5. The van der Waals surface area contributed by atoms with E-state index in [1.807, 2.05) is 29.2 Å². The Hall–Kier alpha value is -1.43. The lowest BCUT2D eigenvalue weighted by molar-refractivity contribution is -0.199. The van der Waals surface area contributed by atoms with Crippen molar-refractivity contribution in [1.82, 2.24) is 4.90 Å². The zero-order valence-corrected chi connectivity index (χ0v) is 16.1. The molecule has 1 aliphatic carbocycles. The molecule has 1 heterocycles. The minimum absolute atomic E-state index is 0.0488. The molecule has 0 radical (unpaired) electrons. The van der Waals surface area contributed by atoms with E-state index in [0.29, 0.717) is 31.5 Å². The summed E-state index contributed by atoms with van der Waals surface area (Å²) in [6.45, 7) is 4.91. The summed E-state index contributed by atoms with van der Waals surface area (Å²) in [4.78, 5) is 14.8. The van der Waals surface area contributed by atoms with Crippen LogP contribution in [0.25, 0.3) is 0 Å². The van der Waals surface area contributed by atoms with Gasteiger partial charge in [0.15, 0.2) is 0 Å². The van der Waals surface area contributed by atoms with Crippen molar-refractivity contribution < 1.29 is 19.7 Å². The molecular weight excluding hydrogens is 330 g/mol. The largest absolute Gasteiger partial charge is 0.392 e. The number of amides is 1. The highest BCUT2D eigenvalue weighted by molar-refractivity contribution is 5.94. The number of ether oxygens (including phenoxy) is 1. The molecule has 1 aromatic carbocycles. The van der Waals surface area contributed by atoms with Crippen molar-refractivity contribution in [3.05, 3.63) is 35.4 Å². The van der Waals surface area contributed by atoms with Crippen LogP contribution in [0.15, 0.2) is 24.3 Å². The van der Waals surface area contributed by atoms with Crippen LogP contribution in [0.3, 0.4) is 0 Å². The molecule has 144 valence electrons. The van der Waals surface area contributed by atoms with Crippen molar-refractivity contribution in [2.45, 2.75) is 63.8 Å². The van der Waals surface area contributed by atoms with Gasteiger partial charge in [-0.3, -0.25) is 4.79 Å². The molecule has 1 spiro atoms. The van der Waals surface area contributed by atoms with Crippen LogP contribution >= 0.6 is 0 Å². The standard InChI is InChI=1S/C21H31NO4/c1-20(2,25)8-7-15-5-4-6-16(13-15)19(24)22-11-9-21(10-12-22)17(23)14-18(21)26-3/h4-6,13,17-18,23,25H,7-12,14H2,1-3H3/t17-,18+/m1/s1. The van der Waals surface area contributed by atoms with Crippen LogP contribution in [0.4, 0.5) is 0 Å². The lowest BCUT2D eigenvalue weighted by Crippen LogP contribution is -2.62. The minimum atomic E-state index is -0.706. The fourth-order valence-electron chi connectivity index (χ4n) is 4.33. The van der Waals surface area contributed by atoms with Gasteiger partial charge in [0, 0.05) is 37.6 Å². The van der Waals surface area contributed by atoms with Crippen molar-refractivity contribution in [3.8, 4) is 0 Å². The SMILES string of the molecule is CO[C@H]1C[C@@H](O)C12CCN(C(=O)c1cccc(CCC(C)(C)O)c1)CC2. The topological polar surface area (TPSA) is 70.0 Å². The number of aryl methyl sites for hydroxylation is 1. The van der Waals surface area contributed by atoms with Crippen LogP contribution in [0.2, 0.25) is 0 Å². The number of likely N-dealkylation sites (tertiary alicyclic amines) is 1. The Kier molecular flexibility index (Phi) is 5.42. The molecule has 0 bridgehead atoms. The molecule has 1 saturated heterocycles. The fraction of sp³-hybridized carbons (Fsp3) is 0.667. The highest BCUT2D eigenvalue weighted by Gasteiger charge is 2.56. The number of aliphatic hydroxyl groups is 2. The van der Waals surface area contributed by atoms with E-state index in [1.165, 1.54) is 0 Å². The molecule has 2 atom stereocenters. The predicted molar refractivity (Wildman–Crippen MR) is 100 cm³/mol. The number of methoxy groups -OCH3 is 1. The summed E-state index contributed by atoms with van der Waals surface area (Å²) >= 11 is 0. The highest BCUT2D eigenvalue weighted by atomic mass is 16.5. The lowest BCUT2D eigenvalue weighted by Gasteiger charge is -2.56. The number of carbonyl (C=O) groups excluding carboxylic acids is 1. The number of benzene rings is 1. The van der Waals surface area contributed by atoms with E-state index in [-0.39, 0.29) is 23.5 Å². The van der Waals surface area contributed by atoms with Crippen LogP contribution in [0.5, 0.6) is 0 Å². The normalized spacial score (nSPS) is 25.2. The second kappa shape index (κ2) is 7.29. The Morgan fingerprint density at radius 1 is 1.35 bits per heavy atom. The second-order valence-corrected chi connectivity index (χ2v) is 8.51. The highest BCUT2D eigenvalue weighted by Crippen LogP contribution is 2.50. The molecule has 0 aromatic heterocycles. The predicted octanol–water partition coefficient (Wildman–Crippen LogP) is 2.39. The first-order chi connectivity index (χ1) is 12.2. The van der Waals surface area contributed by atoms with E-state index in [1.54, 1.807) is 21.0 Å². The Bertz CT molecular complexity index is 644. The second-order valence-electron chi connectivity index (χ2n) is 8.51. The van der Waals surface area contributed by atoms with Gasteiger partial charge in [0.2, 0.25) is 0 Å². The van der Waals surface area contributed by atoms with Crippen LogP contribution in [0.1, 0.15) is 55.5 Å². The molecule has 2 N–H and O–H groups in total. The summed E-state index contributed by atoms with van der Waals surface area (Å²) in [5.41, 5.74) is 0.898. The van der Waals surface area contributed by atoms with E-state index in [2.05, 4.69) is 0 Å². The van der Waals surface area contributed by atoms with Gasteiger partial charge >= 0.3 is 0 Å². The van der Waals surface area contributed by atoms with Gasteiger partial charge in [0.1, 0.15) is 0 Å². The molecule has 26 heavy (non-hydrogen) atoms. The number of hydrogen-bond donors (Lipinski definition) is 2. The zero-order chi connectivity index (χ0) is 18.9. The Labute approximate surface area is 156 Å². The first kappa shape index (κ1) is 19.3. The average molecular weight is 361 g/mol. The number of aliphatic hydroxyl groups excluding tert-OH is 1. The summed E-state index contributed by atoms with van der Waals surface area (Å²) in [6.07, 6.45) is 3.49. The lowest BCUT2D eigenvalue weighted by atomic mass is 9.58. The van der Waals surface area contributed by atoms with Gasteiger partial charge in [-0.25, -0.2) is 0 Å². The average Bonchev–Trinajstić information content (AvgIpc) is 2.63. The Morgan fingerprint density at radius 2 is 2.04 bits per heavy atom. The van der Waals surface area contributed by atoms with Gasteiger partial charge in [-0.2, -0.15) is 0 Å². The van der Waals surface area contributed by atoms with Crippen molar-refractivity contribution in [3.63, 3.8) is 0 Å². The number of piperidine rings is 1. The van der Waals surface area contributed by atoms with Crippen LogP contribution in [-0.4, -0.2) is 59.0 Å². The van der Waals surface area contributed by atoms with Gasteiger partial charge in [0.05, 0.1) is 17.8 Å². The maximum atomic E-state index is 12.9. The van der Waals surface area contributed by atoms with Crippen molar-refractivity contribution in [1.29, 1.82) is 0 Å². The van der Waals surface area contributed by atoms with Crippen molar-refractivity contribution in [2.24, 2.45) is 5.41 Å². The number of hydrogen-bond acceptors (Lipinski definition) is 4. The van der Waals surface area contributed by atoms with E-state index in [9.17, 15) is 15.0 Å². The summed E-state index contributed by atoms with van der Waals surface area (Å²) in [5.74, 6) is 0.0488. The summed E-state index contributed by atoms with van der Waals surface area (Å²) in [6, 6.07) is 7.71. The monoisotopic (exact) mass is 361 g/mol. The first-order valence-electron chi connectivity index (χ1n) is 9.57. The maximum absolute atomic E-state index is 12.9. The van der Waals surface area contributed by atoms with Gasteiger partial charge in [0.25, 0.3) is 5.91 Å². The molecule has 0 unspecified atom stereocenters. The molecule has 1 saturated carbocycles. The van der Waals surface area contributed by atoms with E-state index in [0.717, 1.165) is 24.8 Å². The first-order valence-corrected chi connectivity index (χ1v) is 9.57. The number of nitrogens with zero attached hydrogens (tertiary/aromatic N) is 1. The number of carbonyl (C=O) groups is 1. The van der Waals surface area contributed by atoms with Crippen LogP contribution in [-0.2, 0) is 11.2 Å². The van der Waals surface area contributed by atoms with E-state index < -0.39 is 5.60 Å². The Morgan fingerprint density at radius 3 is 2.62 bits per heavy atom. The molecule has 1 amide bonds. The summed E-state index contributed by atoms with van der Waals surface area (Å²) in [5, 5.41) is 20.1. The zero-order valence-electron chi connectivity index (χ0n) is 16.1. The third-order valence-electron chi connectivity index (χ3n) is 6.21. The molecule has 3 rings (SSSR count). The van der Waals surface area contributed by atoms with Crippen LogP contribution < -0.4 is 0 Å². The van der Waals surface area contributed by atoms with Gasteiger partial charge in [-0.05, 0) is 57.2 Å². The third-order valence-corrected chi connectivity index (χ3v) is 6.21. The quantitative estimate of drug-likeness (QED) is 0.845. The molecule has 1 aliphatic heterocycles. The van der Waals surface area contributed by atoms with Crippen molar-refractivity contribution in [2.75, 3.05) is 20.2 Å². The Balaban J connectivity index is 1.62. The fourth-order valence-corrected chi connectivity index (χ4v) is 4.33. The molecular formula is C21H31NO4. The summed E-state index contributed by atoms with van der Waals surface area (Å²) < 4.78 is 5.52. The smallest absolute Gasteiger partial charge is 0.253 e. The van der Waals surface area contributed by atoms with E-state index in [4.69, 9.17) is 4.74 Å². The van der Waals surface area contributed by atoms with E-state index >= 15 is 0 Å². The van der Waals surface area contributed by atoms with Gasteiger partial charge < -0.3 is 19.8 Å². The maximum Gasteiger partial charge on any atom is 0.253 e. The van der Waals surface area contributed by atoms with Crippen molar-refractivity contribution >= 4 is 5.91 Å². The van der Waals surface area contributed by atoms with Gasteiger partial charge in [-0.15, -0.1) is 0 Å². The molecule has 5 nitrogen and oxygen atoms in total. The van der Waals surface area contributed by atoms with Crippen LogP contribution in [0, 0.1) is 5.41 Å². The summed E-state index contributed by atoms with van der Waals surface area (Å²) in [7, 11) is 1.70. The molecule has 2 fully saturated rings. The molecule has 2 aliphatic rings. The third kappa shape index (κ3) is 3.80.